The molecule has 0 aliphatic rings. The van der Waals surface area contributed by atoms with Crippen molar-refractivity contribution < 1.29 is 17.9 Å². The second kappa shape index (κ2) is 4.10. The molecule has 0 saturated heterocycles. The zero-order valence-electron chi connectivity index (χ0n) is 7.62. The summed E-state index contributed by atoms with van der Waals surface area (Å²) in [6.07, 6.45) is -4.72. The highest BCUT2D eigenvalue weighted by Gasteiger charge is 2.31. The normalized spacial score (nSPS) is 10.7. The maximum atomic E-state index is 11.8. The Balaban J connectivity index is 2.96. The van der Waals surface area contributed by atoms with Crippen LogP contribution in [-0.4, -0.2) is 6.36 Å². The first kappa shape index (κ1) is 11.2. The van der Waals surface area contributed by atoms with E-state index in [1.54, 1.807) is 0 Å². The first-order chi connectivity index (χ1) is 6.92. The molecule has 7 heteroatoms. The van der Waals surface area contributed by atoms with Gasteiger partial charge in [-0.2, -0.15) is 0 Å². The van der Waals surface area contributed by atoms with Crippen LogP contribution in [0.1, 0.15) is 5.56 Å². The third kappa shape index (κ3) is 3.40. The third-order valence-electron chi connectivity index (χ3n) is 1.55. The van der Waals surface area contributed by atoms with Gasteiger partial charge in [-0.3, -0.25) is 0 Å². The molecule has 0 bridgehead atoms. The second-order valence-corrected chi connectivity index (χ2v) is 2.69. The van der Waals surface area contributed by atoms with Crippen molar-refractivity contribution in [2.45, 2.75) is 13.3 Å². The van der Waals surface area contributed by atoms with Gasteiger partial charge in [-0.15, -0.1) is 13.2 Å². The van der Waals surface area contributed by atoms with Crippen LogP contribution < -0.4 is 4.74 Å². The fourth-order valence-electron chi connectivity index (χ4n) is 0.985. The summed E-state index contributed by atoms with van der Waals surface area (Å²) in [6.45, 7) is 1.52. The summed E-state index contributed by atoms with van der Waals surface area (Å²) in [7, 11) is 0. The largest absolute Gasteiger partial charge is 0.573 e. The van der Waals surface area contributed by atoms with Gasteiger partial charge in [0.05, 0.1) is 0 Å². The maximum absolute atomic E-state index is 11.8. The van der Waals surface area contributed by atoms with E-state index in [2.05, 4.69) is 14.8 Å². The number of aryl methyl sites for hydroxylation is 1. The zero-order chi connectivity index (χ0) is 11.5. The van der Waals surface area contributed by atoms with Gasteiger partial charge in [-0.05, 0) is 36.2 Å². The second-order valence-electron chi connectivity index (χ2n) is 2.69. The standard InChI is InChI=1S/C8H6F3N3O/c1-5-4-6(15-8(9,10)11)2-3-7(5)13-14-12/h2-4H,1H3. The Morgan fingerprint density at radius 2 is 2.07 bits per heavy atom. The molecular weight excluding hydrogens is 211 g/mol. The van der Waals surface area contributed by atoms with Crippen molar-refractivity contribution in [3.63, 3.8) is 0 Å². The summed E-state index contributed by atoms with van der Waals surface area (Å²) in [5.74, 6) is -0.336. The predicted octanol–water partition coefficient (Wildman–Crippen LogP) is 3.84. The molecule has 1 aromatic carbocycles. The highest BCUT2D eigenvalue weighted by molar-refractivity contribution is 5.48. The van der Waals surface area contributed by atoms with E-state index < -0.39 is 6.36 Å². The van der Waals surface area contributed by atoms with Crippen molar-refractivity contribution in [3.05, 3.63) is 34.2 Å². The number of ether oxygens (including phenoxy) is 1. The van der Waals surface area contributed by atoms with E-state index in [9.17, 15) is 13.2 Å². The molecule has 4 nitrogen and oxygen atoms in total. The zero-order valence-corrected chi connectivity index (χ0v) is 7.62. The Labute approximate surface area is 82.9 Å². The molecule has 0 aliphatic carbocycles. The highest BCUT2D eigenvalue weighted by atomic mass is 19.4. The van der Waals surface area contributed by atoms with Crippen LogP contribution in [0, 0.1) is 6.92 Å². The van der Waals surface area contributed by atoms with E-state index in [1.807, 2.05) is 0 Å². The number of alkyl halides is 3. The van der Waals surface area contributed by atoms with Gasteiger partial charge in [0, 0.05) is 10.6 Å². The molecule has 80 valence electrons. The summed E-state index contributed by atoms with van der Waals surface area (Å²) in [6, 6.07) is 3.50. The average Bonchev–Trinajstić information content (AvgIpc) is 2.07. The van der Waals surface area contributed by atoms with Crippen LogP contribution in [0.3, 0.4) is 0 Å². The number of hydrogen-bond donors (Lipinski definition) is 0. The van der Waals surface area contributed by atoms with Crippen LogP contribution in [-0.2, 0) is 0 Å². The van der Waals surface area contributed by atoms with Gasteiger partial charge >= 0.3 is 6.36 Å². The smallest absolute Gasteiger partial charge is 0.406 e. The van der Waals surface area contributed by atoms with Crippen molar-refractivity contribution >= 4 is 5.69 Å². The molecule has 0 radical (unpaired) electrons. The minimum atomic E-state index is -4.72. The van der Waals surface area contributed by atoms with Gasteiger partial charge in [0.2, 0.25) is 0 Å². The van der Waals surface area contributed by atoms with E-state index in [-0.39, 0.29) is 11.4 Å². The topological polar surface area (TPSA) is 58.0 Å². The molecule has 0 atom stereocenters. The minimum Gasteiger partial charge on any atom is -0.406 e. The van der Waals surface area contributed by atoms with Gasteiger partial charge in [0.1, 0.15) is 5.75 Å². The number of rotatable bonds is 2. The number of hydrogen-bond acceptors (Lipinski definition) is 2. The quantitative estimate of drug-likeness (QED) is 0.421. The molecule has 1 rings (SSSR count). The molecule has 0 heterocycles. The maximum Gasteiger partial charge on any atom is 0.573 e. The lowest BCUT2D eigenvalue weighted by Gasteiger charge is -2.09. The van der Waals surface area contributed by atoms with Gasteiger partial charge in [-0.1, -0.05) is 5.11 Å². The number of nitrogens with zero attached hydrogens (tertiary/aromatic N) is 3. The monoisotopic (exact) mass is 217 g/mol. The Hall–Kier alpha value is -1.88. The fraction of sp³-hybridized carbons (Fsp3) is 0.250. The van der Waals surface area contributed by atoms with Crippen LogP contribution in [0.25, 0.3) is 10.4 Å². The first-order valence-electron chi connectivity index (χ1n) is 3.84. The molecular formula is C8H6F3N3O. The summed E-state index contributed by atoms with van der Waals surface area (Å²) in [5.41, 5.74) is 8.83. The average molecular weight is 217 g/mol. The lowest BCUT2D eigenvalue weighted by atomic mass is 10.2. The lowest BCUT2D eigenvalue weighted by molar-refractivity contribution is -0.274. The summed E-state index contributed by atoms with van der Waals surface area (Å²) >= 11 is 0. The van der Waals surface area contributed by atoms with E-state index in [4.69, 9.17) is 5.53 Å². The van der Waals surface area contributed by atoms with Crippen LogP contribution in [0.15, 0.2) is 23.3 Å². The van der Waals surface area contributed by atoms with Gasteiger partial charge in [-0.25, -0.2) is 0 Å². The molecule has 0 amide bonds. The van der Waals surface area contributed by atoms with E-state index in [0.29, 0.717) is 5.56 Å². The SMILES string of the molecule is Cc1cc(OC(F)(F)F)ccc1N=[N+]=[N-]. The van der Waals surface area contributed by atoms with Crippen LogP contribution in [0.5, 0.6) is 5.75 Å². The molecule has 0 fully saturated rings. The molecule has 0 spiro atoms. The van der Waals surface area contributed by atoms with Crippen molar-refractivity contribution in [1.82, 2.24) is 0 Å². The number of azide groups is 1. The van der Waals surface area contributed by atoms with E-state index in [1.165, 1.54) is 13.0 Å². The summed E-state index contributed by atoms with van der Waals surface area (Å²) in [5, 5.41) is 3.29. The Bertz CT molecular complexity index is 410. The van der Waals surface area contributed by atoms with Crippen molar-refractivity contribution in [1.29, 1.82) is 0 Å². The molecule has 1 aromatic rings. The molecule has 15 heavy (non-hydrogen) atoms. The van der Waals surface area contributed by atoms with Gasteiger partial charge in [0.25, 0.3) is 0 Å². The van der Waals surface area contributed by atoms with Gasteiger partial charge < -0.3 is 4.74 Å². The third-order valence-corrected chi connectivity index (χ3v) is 1.55. The Morgan fingerprint density at radius 3 is 2.53 bits per heavy atom. The Morgan fingerprint density at radius 1 is 1.40 bits per heavy atom. The molecule has 0 saturated carbocycles. The molecule has 0 N–H and O–H groups in total. The Kier molecular flexibility index (Phi) is 3.06. The van der Waals surface area contributed by atoms with Gasteiger partial charge in [0.15, 0.2) is 0 Å². The summed E-state index contributed by atoms with van der Waals surface area (Å²) in [4.78, 5) is 2.53. The van der Waals surface area contributed by atoms with Crippen LogP contribution >= 0.6 is 0 Å². The molecule has 0 aromatic heterocycles. The first-order valence-corrected chi connectivity index (χ1v) is 3.84. The van der Waals surface area contributed by atoms with Crippen LogP contribution in [0.2, 0.25) is 0 Å². The lowest BCUT2D eigenvalue weighted by Crippen LogP contribution is -2.17. The summed E-state index contributed by atoms with van der Waals surface area (Å²) < 4.78 is 39.1. The van der Waals surface area contributed by atoms with Crippen LogP contribution in [0.4, 0.5) is 18.9 Å². The molecule has 0 unspecified atom stereocenters. The number of halogens is 3. The van der Waals surface area contributed by atoms with E-state index >= 15 is 0 Å². The number of benzene rings is 1. The highest BCUT2D eigenvalue weighted by Crippen LogP contribution is 2.28. The predicted molar refractivity (Wildman–Crippen MR) is 46.7 cm³/mol. The fourth-order valence-corrected chi connectivity index (χ4v) is 0.985. The minimum absolute atomic E-state index is 0.270. The van der Waals surface area contributed by atoms with Crippen molar-refractivity contribution in [2.24, 2.45) is 5.11 Å². The van der Waals surface area contributed by atoms with E-state index in [0.717, 1.165) is 12.1 Å². The van der Waals surface area contributed by atoms with Crippen molar-refractivity contribution in [3.8, 4) is 5.75 Å². The molecule has 0 aliphatic heterocycles. The van der Waals surface area contributed by atoms with Crippen molar-refractivity contribution in [2.75, 3.05) is 0 Å².